The molecular formula is C16H24N2O. The molecule has 1 aromatic carbocycles. The molecule has 1 saturated carbocycles. The van der Waals surface area contributed by atoms with Crippen LogP contribution in [-0.4, -0.2) is 19.7 Å². The summed E-state index contributed by atoms with van der Waals surface area (Å²) in [5, 5.41) is 3.38. The molecule has 0 aromatic heterocycles. The number of hydrogen-bond donors (Lipinski definition) is 2. The van der Waals surface area contributed by atoms with Gasteiger partial charge in [0, 0.05) is 18.5 Å². The monoisotopic (exact) mass is 260 g/mol. The Morgan fingerprint density at radius 2 is 2.05 bits per heavy atom. The van der Waals surface area contributed by atoms with E-state index >= 15 is 0 Å². The fourth-order valence-electron chi connectivity index (χ4n) is 3.45. The topological polar surface area (TPSA) is 47.3 Å². The zero-order chi connectivity index (χ0) is 13.2. The molecule has 1 fully saturated rings. The van der Waals surface area contributed by atoms with Crippen molar-refractivity contribution in [3.05, 3.63) is 29.3 Å². The van der Waals surface area contributed by atoms with Crippen molar-refractivity contribution in [2.24, 2.45) is 11.7 Å². The van der Waals surface area contributed by atoms with Crippen LogP contribution in [0.4, 0.5) is 0 Å². The molecule has 3 heteroatoms. The van der Waals surface area contributed by atoms with Crippen LogP contribution in [0.15, 0.2) is 18.2 Å². The van der Waals surface area contributed by atoms with Crippen LogP contribution in [0, 0.1) is 5.92 Å². The molecule has 1 aliphatic heterocycles. The van der Waals surface area contributed by atoms with Crippen LogP contribution in [0.25, 0.3) is 0 Å². The summed E-state index contributed by atoms with van der Waals surface area (Å²) >= 11 is 0. The molecule has 0 saturated heterocycles. The Hall–Kier alpha value is -1.06. The van der Waals surface area contributed by atoms with Crippen LogP contribution in [0.5, 0.6) is 5.75 Å². The van der Waals surface area contributed by atoms with Gasteiger partial charge < -0.3 is 15.8 Å². The molecule has 104 valence electrons. The van der Waals surface area contributed by atoms with Gasteiger partial charge >= 0.3 is 0 Å². The van der Waals surface area contributed by atoms with Gasteiger partial charge in [-0.15, -0.1) is 0 Å². The Morgan fingerprint density at radius 1 is 1.26 bits per heavy atom. The van der Waals surface area contributed by atoms with Crippen LogP contribution < -0.4 is 15.8 Å². The zero-order valence-electron chi connectivity index (χ0n) is 11.7. The van der Waals surface area contributed by atoms with E-state index < -0.39 is 0 Å². The van der Waals surface area contributed by atoms with E-state index in [0.717, 1.165) is 18.8 Å². The van der Waals surface area contributed by atoms with E-state index in [1.165, 1.54) is 36.8 Å². The van der Waals surface area contributed by atoms with Crippen LogP contribution in [-0.2, 0) is 6.42 Å². The molecule has 1 unspecified atom stereocenters. The van der Waals surface area contributed by atoms with Gasteiger partial charge in [-0.2, -0.15) is 0 Å². The van der Waals surface area contributed by atoms with Crippen LogP contribution >= 0.6 is 0 Å². The summed E-state index contributed by atoms with van der Waals surface area (Å²) in [6.45, 7) is 0.821. The maximum atomic E-state index is 6.49. The molecule has 1 heterocycles. The smallest absolute Gasteiger partial charge is 0.122 e. The van der Waals surface area contributed by atoms with Crippen molar-refractivity contribution in [2.45, 2.75) is 44.2 Å². The minimum Gasteiger partial charge on any atom is -0.493 e. The number of fused-ring (bicyclic) bond motifs is 1. The SMILES string of the molecule is CNC1CCC(C(N)c2ccc3c(c2)CCO3)CC1. The second-order valence-corrected chi connectivity index (χ2v) is 5.89. The van der Waals surface area contributed by atoms with E-state index in [4.69, 9.17) is 10.5 Å². The molecule has 2 aliphatic rings. The minimum atomic E-state index is 0.184. The Morgan fingerprint density at radius 3 is 2.79 bits per heavy atom. The molecule has 3 nitrogen and oxygen atoms in total. The Bertz CT molecular complexity index is 438. The Kier molecular flexibility index (Phi) is 3.76. The molecule has 1 aliphatic carbocycles. The van der Waals surface area contributed by atoms with Crippen molar-refractivity contribution < 1.29 is 4.74 Å². The third kappa shape index (κ3) is 2.63. The first-order valence-electron chi connectivity index (χ1n) is 7.46. The quantitative estimate of drug-likeness (QED) is 0.877. The highest BCUT2D eigenvalue weighted by atomic mass is 16.5. The van der Waals surface area contributed by atoms with Gasteiger partial charge in [0.05, 0.1) is 6.61 Å². The van der Waals surface area contributed by atoms with E-state index in [1.807, 2.05) is 0 Å². The van der Waals surface area contributed by atoms with E-state index in [1.54, 1.807) is 0 Å². The number of ether oxygens (including phenoxy) is 1. The van der Waals surface area contributed by atoms with Gasteiger partial charge in [-0.05, 0) is 55.8 Å². The fourth-order valence-corrected chi connectivity index (χ4v) is 3.45. The average Bonchev–Trinajstić information content (AvgIpc) is 2.94. The van der Waals surface area contributed by atoms with Crippen LogP contribution in [0.3, 0.4) is 0 Å². The van der Waals surface area contributed by atoms with Crippen molar-refractivity contribution in [1.29, 1.82) is 0 Å². The molecule has 3 rings (SSSR count). The summed E-state index contributed by atoms with van der Waals surface area (Å²) in [5.74, 6) is 1.68. The second kappa shape index (κ2) is 5.51. The van der Waals surface area contributed by atoms with Crippen molar-refractivity contribution in [3.63, 3.8) is 0 Å². The first kappa shape index (κ1) is 12.9. The normalized spacial score (nSPS) is 27.7. The van der Waals surface area contributed by atoms with Gasteiger partial charge in [-0.25, -0.2) is 0 Å². The number of nitrogens with one attached hydrogen (secondary N) is 1. The minimum absolute atomic E-state index is 0.184. The van der Waals surface area contributed by atoms with Gasteiger partial charge in [-0.1, -0.05) is 12.1 Å². The standard InChI is InChI=1S/C16H24N2O/c1-18-14-5-2-11(3-6-14)16(17)13-4-7-15-12(10-13)8-9-19-15/h4,7,10-11,14,16,18H,2-3,5-6,8-9,17H2,1H3. The molecule has 0 radical (unpaired) electrons. The highest BCUT2D eigenvalue weighted by molar-refractivity contribution is 5.40. The van der Waals surface area contributed by atoms with Crippen molar-refractivity contribution >= 4 is 0 Å². The third-order valence-corrected chi connectivity index (χ3v) is 4.79. The fraction of sp³-hybridized carbons (Fsp3) is 0.625. The number of hydrogen-bond acceptors (Lipinski definition) is 3. The van der Waals surface area contributed by atoms with E-state index in [-0.39, 0.29) is 6.04 Å². The lowest BCUT2D eigenvalue weighted by atomic mass is 9.79. The lowest BCUT2D eigenvalue weighted by Crippen LogP contribution is -2.33. The predicted molar refractivity (Wildman–Crippen MR) is 77.4 cm³/mol. The van der Waals surface area contributed by atoms with Gasteiger partial charge in [0.1, 0.15) is 5.75 Å². The lowest BCUT2D eigenvalue weighted by molar-refractivity contribution is 0.266. The first-order chi connectivity index (χ1) is 9.28. The number of benzene rings is 1. The van der Waals surface area contributed by atoms with Crippen LogP contribution in [0.2, 0.25) is 0 Å². The van der Waals surface area contributed by atoms with Gasteiger partial charge in [0.15, 0.2) is 0 Å². The van der Waals surface area contributed by atoms with E-state index in [9.17, 15) is 0 Å². The number of nitrogens with two attached hydrogens (primary N) is 1. The second-order valence-electron chi connectivity index (χ2n) is 5.89. The molecule has 0 bridgehead atoms. The summed E-state index contributed by atoms with van der Waals surface area (Å²) in [7, 11) is 2.06. The Labute approximate surface area is 115 Å². The number of rotatable bonds is 3. The molecular weight excluding hydrogens is 236 g/mol. The molecule has 1 aromatic rings. The molecule has 1 atom stereocenters. The van der Waals surface area contributed by atoms with E-state index in [2.05, 4.69) is 30.6 Å². The molecule has 0 amide bonds. The van der Waals surface area contributed by atoms with E-state index in [0.29, 0.717) is 12.0 Å². The zero-order valence-corrected chi connectivity index (χ0v) is 11.7. The molecule has 3 N–H and O–H groups in total. The third-order valence-electron chi connectivity index (χ3n) is 4.79. The van der Waals surface area contributed by atoms with Gasteiger partial charge in [-0.3, -0.25) is 0 Å². The maximum absolute atomic E-state index is 6.49. The summed E-state index contributed by atoms with van der Waals surface area (Å²) < 4.78 is 5.56. The highest BCUT2D eigenvalue weighted by Crippen LogP contribution is 2.35. The molecule has 19 heavy (non-hydrogen) atoms. The summed E-state index contributed by atoms with van der Waals surface area (Å²) in [6.07, 6.45) is 6.01. The van der Waals surface area contributed by atoms with Crippen molar-refractivity contribution in [1.82, 2.24) is 5.32 Å². The Balaban J connectivity index is 1.68. The van der Waals surface area contributed by atoms with Gasteiger partial charge in [0.25, 0.3) is 0 Å². The molecule has 0 spiro atoms. The average molecular weight is 260 g/mol. The summed E-state index contributed by atoms with van der Waals surface area (Å²) in [6, 6.07) is 7.38. The van der Waals surface area contributed by atoms with Gasteiger partial charge in [0.2, 0.25) is 0 Å². The summed E-state index contributed by atoms with van der Waals surface area (Å²) in [5.41, 5.74) is 9.11. The van der Waals surface area contributed by atoms with Crippen molar-refractivity contribution in [3.8, 4) is 5.75 Å². The predicted octanol–water partition coefficient (Wildman–Crippen LogP) is 2.40. The highest BCUT2D eigenvalue weighted by Gasteiger charge is 2.26. The van der Waals surface area contributed by atoms with Crippen molar-refractivity contribution in [2.75, 3.05) is 13.7 Å². The van der Waals surface area contributed by atoms with Crippen LogP contribution in [0.1, 0.15) is 42.9 Å². The summed E-state index contributed by atoms with van der Waals surface area (Å²) in [4.78, 5) is 0. The lowest BCUT2D eigenvalue weighted by Gasteiger charge is -2.32. The first-order valence-corrected chi connectivity index (χ1v) is 7.46. The largest absolute Gasteiger partial charge is 0.493 e. The maximum Gasteiger partial charge on any atom is 0.122 e.